The molecule has 0 spiro atoms. The minimum Gasteiger partial charge on any atom is -0.494 e. The van der Waals surface area contributed by atoms with Crippen LogP contribution < -0.4 is 10.1 Å². The summed E-state index contributed by atoms with van der Waals surface area (Å²) in [6, 6.07) is 1.92. The third kappa shape index (κ3) is 3.60. The monoisotopic (exact) mass is 282 g/mol. The molecule has 1 fully saturated rings. The van der Waals surface area contributed by atoms with E-state index in [1.165, 1.54) is 0 Å². The zero-order valence-corrected chi connectivity index (χ0v) is 11.8. The topological polar surface area (TPSA) is 51.2 Å². The van der Waals surface area contributed by atoms with Gasteiger partial charge in [0.15, 0.2) is 0 Å². The van der Waals surface area contributed by atoms with Crippen molar-refractivity contribution >= 4 is 17.5 Å². The third-order valence-electron chi connectivity index (χ3n) is 3.65. The van der Waals surface area contributed by atoms with Crippen LogP contribution in [-0.2, 0) is 0 Å². The maximum atomic E-state index is 12.2. The minimum atomic E-state index is -0.0893. The van der Waals surface area contributed by atoms with Crippen LogP contribution in [0.5, 0.6) is 5.75 Å². The number of carbonyl (C=O) groups is 1. The second kappa shape index (κ2) is 6.75. The van der Waals surface area contributed by atoms with Gasteiger partial charge in [-0.1, -0.05) is 0 Å². The maximum absolute atomic E-state index is 12.2. The van der Waals surface area contributed by atoms with Crippen LogP contribution in [0.15, 0.2) is 18.5 Å². The number of nitrogens with one attached hydrogen (secondary N) is 1. The molecule has 1 saturated carbocycles. The highest BCUT2D eigenvalue weighted by atomic mass is 35.5. The molecule has 104 valence electrons. The third-order valence-corrected chi connectivity index (χ3v) is 4.09. The molecule has 1 N–H and O–H groups in total. The van der Waals surface area contributed by atoms with Crippen molar-refractivity contribution in [2.75, 3.05) is 13.0 Å². The van der Waals surface area contributed by atoms with Crippen molar-refractivity contribution in [2.45, 2.75) is 31.7 Å². The Balaban J connectivity index is 1.94. The predicted molar refractivity (Wildman–Crippen MR) is 74.7 cm³/mol. The summed E-state index contributed by atoms with van der Waals surface area (Å²) in [5, 5.41) is 3.06. The van der Waals surface area contributed by atoms with Gasteiger partial charge in [-0.25, -0.2) is 0 Å². The van der Waals surface area contributed by atoms with Crippen LogP contribution in [0.3, 0.4) is 0 Å². The summed E-state index contributed by atoms with van der Waals surface area (Å²) in [6.07, 6.45) is 7.32. The number of alkyl halides is 1. The van der Waals surface area contributed by atoms with Gasteiger partial charge in [0.2, 0.25) is 0 Å². The van der Waals surface area contributed by atoms with E-state index in [1.54, 1.807) is 25.6 Å². The van der Waals surface area contributed by atoms with Crippen molar-refractivity contribution in [1.82, 2.24) is 10.3 Å². The van der Waals surface area contributed by atoms with Crippen LogP contribution in [0.1, 0.15) is 36.0 Å². The van der Waals surface area contributed by atoms with E-state index in [2.05, 4.69) is 10.3 Å². The summed E-state index contributed by atoms with van der Waals surface area (Å²) >= 11 is 5.86. The summed E-state index contributed by atoms with van der Waals surface area (Å²) in [7, 11) is 1.54. The van der Waals surface area contributed by atoms with Crippen molar-refractivity contribution in [3.05, 3.63) is 24.0 Å². The SMILES string of the molecule is COc1cnccc1C(=O)NC1CCC(CCl)CC1. The van der Waals surface area contributed by atoms with Crippen molar-refractivity contribution in [3.63, 3.8) is 0 Å². The number of hydrogen-bond donors (Lipinski definition) is 1. The molecule has 0 atom stereocenters. The molecular weight excluding hydrogens is 264 g/mol. The highest BCUT2D eigenvalue weighted by Gasteiger charge is 2.23. The lowest BCUT2D eigenvalue weighted by molar-refractivity contribution is 0.0920. The van der Waals surface area contributed by atoms with Crippen LogP contribution in [0.2, 0.25) is 0 Å². The van der Waals surface area contributed by atoms with Gasteiger partial charge in [-0.3, -0.25) is 9.78 Å². The Kier molecular flexibility index (Phi) is 5.02. The van der Waals surface area contributed by atoms with Gasteiger partial charge in [0.1, 0.15) is 5.75 Å². The normalized spacial score (nSPS) is 22.8. The van der Waals surface area contributed by atoms with E-state index in [-0.39, 0.29) is 11.9 Å². The van der Waals surface area contributed by atoms with E-state index < -0.39 is 0 Å². The van der Waals surface area contributed by atoms with Crippen molar-refractivity contribution in [2.24, 2.45) is 5.92 Å². The van der Waals surface area contributed by atoms with Crippen LogP contribution in [0.4, 0.5) is 0 Å². The van der Waals surface area contributed by atoms with E-state index in [9.17, 15) is 4.79 Å². The molecule has 0 radical (unpaired) electrons. The quantitative estimate of drug-likeness (QED) is 0.864. The molecule has 19 heavy (non-hydrogen) atoms. The Labute approximate surface area is 118 Å². The lowest BCUT2D eigenvalue weighted by atomic mass is 9.87. The smallest absolute Gasteiger partial charge is 0.255 e. The maximum Gasteiger partial charge on any atom is 0.255 e. The van der Waals surface area contributed by atoms with E-state index >= 15 is 0 Å². The van der Waals surface area contributed by atoms with Crippen LogP contribution in [-0.4, -0.2) is 29.9 Å². The van der Waals surface area contributed by atoms with Gasteiger partial charge < -0.3 is 10.1 Å². The molecule has 0 aromatic carbocycles. The number of pyridine rings is 1. The molecule has 1 aromatic rings. The van der Waals surface area contributed by atoms with Crippen molar-refractivity contribution in [3.8, 4) is 5.75 Å². The van der Waals surface area contributed by atoms with Crippen molar-refractivity contribution < 1.29 is 9.53 Å². The Bertz CT molecular complexity index is 431. The standard InChI is InChI=1S/C14H19ClN2O2/c1-19-13-9-16-7-6-12(13)14(18)17-11-4-2-10(8-15)3-5-11/h6-7,9-11H,2-5,8H2,1H3,(H,17,18). The zero-order chi connectivity index (χ0) is 13.7. The highest BCUT2D eigenvalue weighted by Crippen LogP contribution is 2.25. The number of nitrogens with zero attached hydrogens (tertiary/aromatic N) is 1. The lowest BCUT2D eigenvalue weighted by Crippen LogP contribution is -2.38. The summed E-state index contributed by atoms with van der Waals surface area (Å²) in [4.78, 5) is 16.1. The van der Waals surface area contributed by atoms with Crippen LogP contribution >= 0.6 is 11.6 Å². The molecular formula is C14H19ClN2O2. The number of ether oxygens (including phenoxy) is 1. The minimum absolute atomic E-state index is 0.0893. The van der Waals surface area contributed by atoms with Gasteiger partial charge in [-0.05, 0) is 37.7 Å². The first-order valence-corrected chi connectivity index (χ1v) is 7.13. The first-order chi connectivity index (χ1) is 9.24. The second-order valence-electron chi connectivity index (χ2n) is 4.92. The molecule has 0 aliphatic heterocycles. The first kappa shape index (κ1) is 14.1. The molecule has 1 heterocycles. The predicted octanol–water partition coefficient (Wildman–Crippen LogP) is 2.62. The summed E-state index contributed by atoms with van der Waals surface area (Å²) in [6.45, 7) is 0. The molecule has 1 aliphatic carbocycles. The highest BCUT2D eigenvalue weighted by molar-refractivity contribution is 6.18. The molecule has 2 rings (SSSR count). The molecule has 1 amide bonds. The van der Waals surface area contributed by atoms with Gasteiger partial charge in [0, 0.05) is 18.1 Å². The molecule has 0 unspecified atom stereocenters. The number of halogens is 1. The largest absolute Gasteiger partial charge is 0.494 e. The van der Waals surface area contributed by atoms with Crippen molar-refractivity contribution in [1.29, 1.82) is 0 Å². The second-order valence-corrected chi connectivity index (χ2v) is 5.23. The number of methoxy groups -OCH3 is 1. The summed E-state index contributed by atoms with van der Waals surface area (Å²) < 4.78 is 5.15. The van der Waals surface area contributed by atoms with Gasteiger partial charge in [-0.15, -0.1) is 11.6 Å². The summed E-state index contributed by atoms with van der Waals surface area (Å²) in [5.74, 6) is 1.74. The Morgan fingerprint density at radius 1 is 1.47 bits per heavy atom. The Morgan fingerprint density at radius 3 is 2.84 bits per heavy atom. The van der Waals surface area contributed by atoms with Gasteiger partial charge in [-0.2, -0.15) is 0 Å². The molecule has 0 saturated heterocycles. The number of rotatable bonds is 4. The average Bonchev–Trinajstić information content (AvgIpc) is 2.48. The van der Waals surface area contributed by atoms with Crippen LogP contribution in [0.25, 0.3) is 0 Å². The zero-order valence-electron chi connectivity index (χ0n) is 11.1. The molecule has 4 nitrogen and oxygen atoms in total. The number of carbonyl (C=O) groups excluding carboxylic acids is 1. The Hall–Kier alpha value is -1.29. The van der Waals surface area contributed by atoms with Gasteiger partial charge >= 0.3 is 0 Å². The average molecular weight is 283 g/mol. The van der Waals surface area contributed by atoms with Gasteiger partial charge in [0.25, 0.3) is 5.91 Å². The fourth-order valence-corrected chi connectivity index (χ4v) is 2.76. The van der Waals surface area contributed by atoms with Crippen LogP contribution in [0, 0.1) is 5.92 Å². The molecule has 0 bridgehead atoms. The molecule has 1 aliphatic rings. The first-order valence-electron chi connectivity index (χ1n) is 6.59. The molecule has 5 heteroatoms. The number of hydrogen-bond acceptors (Lipinski definition) is 3. The van der Waals surface area contributed by atoms with E-state index in [4.69, 9.17) is 16.3 Å². The van der Waals surface area contributed by atoms with E-state index in [0.717, 1.165) is 31.6 Å². The lowest BCUT2D eigenvalue weighted by Gasteiger charge is -2.28. The summed E-state index contributed by atoms with van der Waals surface area (Å²) in [5.41, 5.74) is 0.539. The van der Waals surface area contributed by atoms with Gasteiger partial charge in [0.05, 0.1) is 18.9 Å². The Morgan fingerprint density at radius 2 is 2.21 bits per heavy atom. The van der Waals surface area contributed by atoms with E-state index in [1.807, 2.05) is 0 Å². The number of amides is 1. The number of aromatic nitrogens is 1. The van der Waals surface area contributed by atoms with E-state index in [0.29, 0.717) is 17.2 Å². The fraction of sp³-hybridized carbons (Fsp3) is 0.571. The molecule has 1 aromatic heterocycles. The fourth-order valence-electron chi connectivity index (χ4n) is 2.45.